The van der Waals surface area contributed by atoms with Gasteiger partial charge in [-0.15, -0.1) is 0 Å². The molecule has 33 heavy (non-hydrogen) atoms. The van der Waals surface area contributed by atoms with Crippen molar-refractivity contribution in [2.75, 3.05) is 26.2 Å². The summed E-state index contributed by atoms with van der Waals surface area (Å²) in [5, 5.41) is 3.28. The molecule has 1 aliphatic rings. The first-order chi connectivity index (χ1) is 15.9. The first-order valence-corrected chi connectivity index (χ1v) is 11.0. The van der Waals surface area contributed by atoms with Crippen molar-refractivity contribution < 1.29 is 19.2 Å². The van der Waals surface area contributed by atoms with Gasteiger partial charge in [0.2, 0.25) is 0 Å². The zero-order valence-electron chi connectivity index (χ0n) is 18.6. The van der Waals surface area contributed by atoms with Gasteiger partial charge in [0.1, 0.15) is 0 Å². The summed E-state index contributed by atoms with van der Waals surface area (Å²) >= 11 is 0. The second-order valence-electron chi connectivity index (χ2n) is 8.08. The Morgan fingerprint density at radius 2 is 1.76 bits per heavy atom. The lowest BCUT2D eigenvalue weighted by Crippen LogP contribution is -2.56. The fourth-order valence-electron chi connectivity index (χ4n) is 4.24. The van der Waals surface area contributed by atoms with Crippen LogP contribution in [0, 0.1) is 0 Å². The number of H-pyrrole nitrogens is 1. The number of hydrogen-bond acceptors (Lipinski definition) is 4. The summed E-state index contributed by atoms with van der Waals surface area (Å²) in [6, 6.07) is 13.8. The van der Waals surface area contributed by atoms with E-state index in [1.807, 2.05) is 32.0 Å². The molecule has 170 valence electrons. The van der Waals surface area contributed by atoms with E-state index in [2.05, 4.69) is 10.3 Å². The molecular weight excluding hydrogens is 420 g/mol. The highest BCUT2D eigenvalue weighted by Crippen LogP contribution is 2.24. The van der Waals surface area contributed by atoms with Crippen LogP contribution in [0.3, 0.4) is 0 Å². The molecule has 1 fully saturated rings. The summed E-state index contributed by atoms with van der Waals surface area (Å²) in [5.74, 6) is -1.58. The van der Waals surface area contributed by atoms with Crippen LogP contribution in [-0.2, 0) is 4.79 Å². The molecule has 8 nitrogen and oxygen atoms in total. The fourth-order valence-corrected chi connectivity index (χ4v) is 4.24. The molecule has 0 spiro atoms. The number of nitrogens with one attached hydrogen (secondary N) is 2. The highest BCUT2D eigenvalue weighted by molar-refractivity contribution is 6.45. The monoisotopic (exact) mass is 446 g/mol. The van der Waals surface area contributed by atoms with Gasteiger partial charge in [0, 0.05) is 49.4 Å². The van der Waals surface area contributed by atoms with Crippen LogP contribution < -0.4 is 5.32 Å². The minimum Gasteiger partial charge on any atom is -0.360 e. The molecular formula is C25H26N4O4. The Morgan fingerprint density at radius 1 is 1.00 bits per heavy atom. The Kier molecular flexibility index (Phi) is 6.26. The maximum absolute atomic E-state index is 13.1. The van der Waals surface area contributed by atoms with Crippen molar-refractivity contribution in [3.8, 4) is 0 Å². The van der Waals surface area contributed by atoms with Gasteiger partial charge < -0.3 is 20.1 Å². The van der Waals surface area contributed by atoms with Crippen molar-refractivity contribution in [2.24, 2.45) is 0 Å². The average Bonchev–Trinajstić information content (AvgIpc) is 3.27. The van der Waals surface area contributed by atoms with E-state index in [-0.39, 0.29) is 30.0 Å². The number of piperazine rings is 1. The van der Waals surface area contributed by atoms with Crippen molar-refractivity contribution in [3.63, 3.8) is 0 Å². The average molecular weight is 447 g/mol. The van der Waals surface area contributed by atoms with E-state index < -0.39 is 11.7 Å². The molecule has 1 aliphatic heterocycles. The number of nitrogens with zero attached hydrogens (tertiary/aromatic N) is 2. The zero-order chi connectivity index (χ0) is 23.5. The number of aromatic amines is 1. The van der Waals surface area contributed by atoms with Gasteiger partial charge in [-0.2, -0.15) is 0 Å². The quantitative estimate of drug-likeness (QED) is 0.464. The van der Waals surface area contributed by atoms with Crippen LogP contribution in [0.5, 0.6) is 0 Å². The number of fused-ring (bicyclic) bond motifs is 1. The van der Waals surface area contributed by atoms with Crippen LogP contribution in [0.4, 0.5) is 0 Å². The molecule has 0 bridgehead atoms. The largest absolute Gasteiger partial charge is 0.360 e. The van der Waals surface area contributed by atoms with Gasteiger partial charge in [-0.25, -0.2) is 0 Å². The second-order valence-corrected chi connectivity index (χ2v) is 8.08. The van der Waals surface area contributed by atoms with Gasteiger partial charge in [-0.05, 0) is 32.0 Å². The van der Waals surface area contributed by atoms with Crippen LogP contribution in [0.25, 0.3) is 10.9 Å². The summed E-state index contributed by atoms with van der Waals surface area (Å²) < 4.78 is 0. The van der Waals surface area contributed by atoms with Crippen molar-refractivity contribution in [1.82, 2.24) is 20.1 Å². The Morgan fingerprint density at radius 3 is 2.45 bits per heavy atom. The normalized spacial score (nSPS) is 16.0. The number of para-hydroxylation sites is 1. The number of Topliss-reactive ketones (excluding diaryl/α,β-unsaturated/α-hetero) is 1. The van der Waals surface area contributed by atoms with Crippen LogP contribution in [-0.4, -0.2) is 70.5 Å². The van der Waals surface area contributed by atoms with Crippen LogP contribution in [0.15, 0.2) is 54.7 Å². The first kappa shape index (κ1) is 22.3. The Balaban J connectivity index is 1.50. The van der Waals surface area contributed by atoms with Crippen LogP contribution in [0.1, 0.15) is 44.9 Å². The maximum Gasteiger partial charge on any atom is 0.295 e. The zero-order valence-corrected chi connectivity index (χ0v) is 18.6. The summed E-state index contributed by atoms with van der Waals surface area (Å²) in [7, 11) is 0. The molecule has 1 aromatic heterocycles. The molecule has 3 amide bonds. The number of hydrogen-bond donors (Lipinski definition) is 2. The van der Waals surface area contributed by atoms with Gasteiger partial charge in [0.05, 0.1) is 16.6 Å². The van der Waals surface area contributed by atoms with Crippen molar-refractivity contribution in [1.29, 1.82) is 0 Å². The minimum absolute atomic E-state index is 0.0876. The Labute approximate surface area is 191 Å². The van der Waals surface area contributed by atoms with E-state index in [9.17, 15) is 19.2 Å². The molecule has 1 atom stereocenters. The molecule has 0 aliphatic carbocycles. The summed E-state index contributed by atoms with van der Waals surface area (Å²) in [6.45, 7) is 5.12. The highest BCUT2D eigenvalue weighted by Gasteiger charge is 2.34. The van der Waals surface area contributed by atoms with E-state index in [1.54, 1.807) is 35.2 Å². The molecule has 8 heteroatoms. The van der Waals surface area contributed by atoms with Gasteiger partial charge in [0.15, 0.2) is 0 Å². The van der Waals surface area contributed by atoms with E-state index in [0.717, 1.165) is 0 Å². The summed E-state index contributed by atoms with van der Waals surface area (Å²) in [4.78, 5) is 57.5. The van der Waals surface area contributed by atoms with Crippen molar-refractivity contribution in [3.05, 3.63) is 71.4 Å². The predicted molar refractivity (Wildman–Crippen MR) is 124 cm³/mol. The van der Waals surface area contributed by atoms with E-state index in [4.69, 9.17) is 0 Å². The van der Waals surface area contributed by atoms with E-state index >= 15 is 0 Å². The van der Waals surface area contributed by atoms with Crippen molar-refractivity contribution in [2.45, 2.75) is 19.9 Å². The second kappa shape index (κ2) is 9.28. The molecule has 2 heterocycles. The molecule has 0 unspecified atom stereocenters. The third-order valence-corrected chi connectivity index (χ3v) is 5.93. The predicted octanol–water partition coefficient (Wildman–Crippen LogP) is 2.47. The third-order valence-electron chi connectivity index (χ3n) is 5.93. The van der Waals surface area contributed by atoms with Crippen molar-refractivity contribution >= 4 is 34.4 Å². The van der Waals surface area contributed by atoms with E-state index in [1.165, 1.54) is 11.1 Å². The Bertz CT molecular complexity index is 1220. The lowest BCUT2D eigenvalue weighted by molar-refractivity contribution is -0.130. The van der Waals surface area contributed by atoms with Gasteiger partial charge in [-0.3, -0.25) is 19.2 Å². The number of aromatic nitrogens is 1. The first-order valence-electron chi connectivity index (χ1n) is 11.0. The SMILES string of the molecule is CCNC(=O)c1cccc2c(C(=O)C(=O)N3CCN(C(=O)c4ccccc4)C[C@H]3C)c[nH]c12. The van der Waals surface area contributed by atoms with Gasteiger partial charge in [-0.1, -0.05) is 30.3 Å². The molecule has 0 radical (unpaired) electrons. The molecule has 0 saturated carbocycles. The number of carbonyl (C=O) groups excluding carboxylic acids is 4. The number of benzene rings is 2. The van der Waals surface area contributed by atoms with Crippen LogP contribution >= 0.6 is 0 Å². The molecule has 3 aromatic rings. The maximum atomic E-state index is 13.1. The molecule has 2 aromatic carbocycles. The summed E-state index contributed by atoms with van der Waals surface area (Å²) in [6.07, 6.45) is 1.48. The Hall–Kier alpha value is -3.94. The third kappa shape index (κ3) is 4.24. The minimum atomic E-state index is -0.635. The van der Waals surface area contributed by atoms with Gasteiger partial charge in [0.25, 0.3) is 23.5 Å². The standard InChI is InChI=1S/C25H26N4O4/c1-3-26-23(31)19-11-7-10-18-20(14-27-21(18)19)22(30)25(33)29-13-12-28(15-16(29)2)24(32)17-8-5-4-6-9-17/h4-11,14,16,27H,3,12-13,15H2,1-2H3,(H,26,31)/t16-/m1/s1. The lowest BCUT2D eigenvalue weighted by Gasteiger charge is -2.39. The number of carbonyl (C=O) groups is 4. The smallest absolute Gasteiger partial charge is 0.295 e. The number of ketones is 1. The summed E-state index contributed by atoms with van der Waals surface area (Å²) in [5.41, 5.74) is 1.77. The van der Waals surface area contributed by atoms with E-state index in [0.29, 0.717) is 41.7 Å². The molecule has 4 rings (SSSR count). The molecule has 2 N–H and O–H groups in total. The lowest BCUT2D eigenvalue weighted by atomic mass is 10.0. The number of amides is 3. The number of rotatable bonds is 5. The van der Waals surface area contributed by atoms with Gasteiger partial charge >= 0.3 is 0 Å². The topological polar surface area (TPSA) is 103 Å². The van der Waals surface area contributed by atoms with Crippen LogP contribution in [0.2, 0.25) is 0 Å². The molecule has 1 saturated heterocycles. The highest BCUT2D eigenvalue weighted by atomic mass is 16.2. The fraction of sp³-hybridized carbons (Fsp3) is 0.280.